The van der Waals surface area contributed by atoms with Crippen LogP contribution in [0.15, 0.2) is 12.1 Å². The van der Waals surface area contributed by atoms with Gasteiger partial charge in [0, 0.05) is 6.54 Å². The van der Waals surface area contributed by atoms with Gasteiger partial charge in [0.25, 0.3) is 0 Å². The van der Waals surface area contributed by atoms with Gasteiger partial charge >= 0.3 is 0 Å². The Bertz CT molecular complexity index is 462. The van der Waals surface area contributed by atoms with Crippen LogP contribution >= 0.6 is 0 Å². The number of benzene rings is 1. The molecule has 0 aromatic heterocycles. The molecule has 0 aliphatic heterocycles. The van der Waals surface area contributed by atoms with Crippen LogP contribution in [-0.2, 0) is 4.79 Å². The first kappa shape index (κ1) is 15.6. The second kappa shape index (κ2) is 6.10. The van der Waals surface area contributed by atoms with Crippen LogP contribution in [-0.4, -0.2) is 12.5 Å². The highest BCUT2D eigenvalue weighted by atomic mass is 19.1. The van der Waals surface area contributed by atoms with E-state index in [1.165, 1.54) is 13.0 Å². The van der Waals surface area contributed by atoms with E-state index in [4.69, 9.17) is 5.73 Å². The molecule has 0 unspecified atom stereocenters. The molecule has 1 aromatic carbocycles. The van der Waals surface area contributed by atoms with Crippen molar-refractivity contribution in [3.63, 3.8) is 0 Å². The van der Waals surface area contributed by atoms with Crippen LogP contribution in [0.4, 0.5) is 14.5 Å². The standard InChI is InChI=1S/C14H20F2N2O/c1-4-14(5-2,8-17)13(19)18-12-10(15)7-6-9(3)11(12)16/h6-7H,4-5,8,17H2,1-3H3,(H,18,19). The fraction of sp³-hybridized carbons (Fsp3) is 0.500. The summed E-state index contributed by atoms with van der Waals surface area (Å²) in [6.07, 6.45) is 1.03. The number of nitrogens with one attached hydrogen (secondary N) is 1. The fourth-order valence-corrected chi connectivity index (χ4v) is 1.97. The molecule has 106 valence electrons. The number of carbonyl (C=O) groups excluding carboxylic acids is 1. The highest BCUT2D eigenvalue weighted by molar-refractivity contribution is 5.95. The minimum atomic E-state index is -0.789. The van der Waals surface area contributed by atoms with Gasteiger partial charge in [-0.25, -0.2) is 8.78 Å². The number of halogens is 2. The van der Waals surface area contributed by atoms with E-state index in [9.17, 15) is 13.6 Å². The Hall–Kier alpha value is -1.49. The van der Waals surface area contributed by atoms with Crippen molar-refractivity contribution in [3.05, 3.63) is 29.3 Å². The molecule has 0 saturated heterocycles. The van der Waals surface area contributed by atoms with Crippen LogP contribution < -0.4 is 11.1 Å². The summed E-state index contributed by atoms with van der Waals surface area (Å²) in [6, 6.07) is 2.46. The monoisotopic (exact) mass is 270 g/mol. The normalized spacial score (nSPS) is 11.5. The molecule has 0 fully saturated rings. The molecule has 5 heteroatoms. The minimum Gasteiger partial charge on any atom is -0.329 e. The van der Waals surface area contributed by atoms with Crippen molar-refractivity contribution in [3.8, 4) is 0 Å². The maximum Gasteiger partial charge on any atom is 0.232 e. The Morgan fingerprint density at radius 1 is 1.32 bits per heavy atom. The van der Waals surface area contributed by atoms with Crippen LogP contribution in [0.3, 0.4) is 0 Å². The van der Waals surface area contributed by atoms with E-state index >= 15 is 0 Å². The van der Waals surface area contributed by atoms with Gasteiger partial charge in [-0.1, -0.05) is 19.9 Å². The van der Waals surface area contributed by atoms with E-state index in [1.807, 2.05) is 13.8 Å². The molecular formula is C14H20F2N2O. The van der Waals surface area contributed by atoms with E-state index in [0.717, 1.165) is 6.07 Å². The molecule has 19 heavy (non-hydrogen) atoms. The lowest BCUT2D eigenvalue weighted by Crippen LogP contribution is -2.41. The predicted octanol–water partition coefficient (Wildman–Crippen LogP) is 2.98. The molecule has 3 N–H and O–H groups in total. The number of hydrogen-bond acceptors (Lipinski definition) is 2. The molecule has 1 rings (SSSR count). The highest BCUT2D eigenvalue weighted by Crippen LogP contribution is 2.29. The lowest BCUT2D eigenvalue weighted by Gasteiger charge is -2.28. The molecule has 0 aliphatic carbocycles. The van der Waals surface area contributed by atoms with Gasteiger partial charge < -0.3 is 11.1 Å². The molecule has 0 bridgehead atoms. The summed E-state index contributed by atoms with van der Waals surface area (Å²) in [4.78, 5) is 12.2. The van der Waals surface area contributed by atoms with Crippen molar-refractivity contribution in [2.45, 2.75) is 33.6 Å². The second-order valence-corrected chi connectivity index (χ2v) is 4.70. The van der Waals surface area contributed by atoms with Gasteiger partial charge in [-0.15, -0.1) is 0 Å². The Balaban J connectivity index is 3.09. The van der Waals surface area contributed by atoms with Gasteiger partial charge in [-0.05, 0) is 31.4 Å². The first-order valence-electron chi connectivity index (χ1n) is 6.38. The Labute approximate surface area is 112 Å². The van der Waals surface area contributed by atoms with E-state index in [1.54, 1.807) is 0 Å². The third-order valence-corrected chi connectivity index (χ3v) is 3.75. The predicted molar refractivity (Wildman–Crippen MR) is 71.8 cm³/mol. The Morgan fingerprint density at radius 3 is 2.37 bits per heavy atom. The lowest BCUT2D eigenvalue weighted by molar-refractivity contribution is -0.125. The molecule has 0 heterocycles. The van der Waals surface area contributed by atoms with Crippen molar-refractivity contribution < 1.29 is 13.6 Å². The zero-order chi connectivity index (χ0) is 14.6. The Kier molecular flexibility index (Phi) is 5.00. The molecule has 0 radical (unpaired) electrons. The van der Waals surface area contributed by atoms with Gasteiger partial charge in [-0.3, -0.25) is 4.79 Å². The van der Waals surface area contributed by atoms with Gasteiger partial charge in [-0.2, -0.15) is 0 Å². The summed E-state index contributed by atoms with van der Waals surface area (Å²) in [6.45, 7) is 5.32. The fourth-order valence-electron chi connectivity index (χ4n) is 1.97. The van der Waals surface area contributed by atoms with Crippen molar-refractivity contribution >= 4 is 11.6 Å². The second-order valence-electron chi connectivity index (χ2n) is 4.70. The number of carbonyl (C=O) groups is 1. The quantitative estimate of drug-likeness (QED) is 0.864. The van der Waals surface area contributed by atoms with Gasteiger partial charge in [0.15, 0.2) is 5.82 Å². The SMILES string of the molecule is CCC(CC)(CN)C(=O)Nc1c(F)ccc(C)c1F. The van der Waals surface area contributed by atoms with Gasteiger partial charge in [0.05, 0.1) is 5.41 Å². The van der Waals surface area contributed by atoms with Gasteiger partial charge in [0.1, 0.15) is 11.5 Å². The molecule has 0 aliphatic rings. The number of anilines is 1. The summed E-state index contributed by atoms with van der Waals surface area (Å²) in [7, 11) is 0. The third-order valence-electron chi connectivity index (χ3n) is 3.75. The zero-order valence-corrected chi connectivity index (χ0v) is 11.5. The number of hydrogen-bond donors (Lipinski definition) is 2. The first-order chi connectivity index (χ1) is 8.91. The largest absolute Gasteiger partial charge is 0.329 e. The van der Waals surface area contributed by atoms with Crippen LogP contribution in [0.5, 0.6) is 0 Å². The van der Waals surface area contributed by atoms with Crippen LogP contribution in [0, 0.1) is 24.0 Å². The topological polar surface area (TPSA) is 55.1 Å². The number of rotatable bonds is 5. The summed E-state index contributed by atoms with van der Waals surface area (Å²) in [5.41, 5.74) is 4.73. The maximum atomic E-state index is 13.8. The maximum absolute atomic E-state index is 13.8. The van der Waals surface area contributed by atoms with Crippen molar-refractivity contribution in [2.24, 2.45) is 11.1 Å². The minimum absolute atomic E-state index is 0.140. The number of amides is 1. The molecule has 0 atom stereocenters. The summed E-state index contributed by atoms with van der Waals surface area (Å²) < 4.78 is 27.4. The number of aryl methyl sites for hydroxylation is 1. The molecule has 1 aromatic rings. The first-order valence-corrected chi connectivity index (χ1v) is 6.38. The average molecular weight is 270 g/mol. The van der Waals surface area contributed by atoms with E-state index in [-0.39, 0.29) is 12.1 Å². The molecule has 0 spiro atoms. The molecule has 1 amide bonds. The summed E-state index contributed by atoms with van der Waals surface area (Å²) in [5, 5.41) is 2.34. The van der Waals surface area contributed by atoms with Crippen LogP contribution in [0.1, 0.15) is 32.3 Å². The highest BCUT2D eigenvalue weighted by Gasteiger charge is 2.34. The lowest BCUT2D eigenvalue weighted by atomic mass is 9.81. The number of nitrogens with two attached hydrogens (primary N) is 1. The average Bonchev–Trinajstić information content (AvgIpc) is 2.42. The summed E-state index contributed by atoms with van der Waals surface area (Å²) >= 11 is 0. The van der Waals surface area contributed by atoms with Crippen molar-refractivity contribution in [1.82, 2.24) is 0 Å². The smallest absolute Gasteiger partial charge is 0.232 e. The van der Waals surface area contributed by atoms with Crippen molar-refractivity contribution in [2.75, 3.05) is 11.9 Å². The van der Waals surface area contributed by atoms with E-state index in [2.05, 4.69) is 5.32 Å². The van der Waals surface area contributed by atoms with E-state index < -0.39 is 28.6 Å². The molecule has 0 saturated carbocycles. The van der Waals surface area contributed by atoms with Crippen LogP contribution in [0.2, 0.25) is 0 Å². The van der Waals surface area contributed by atoms with Gasteiger partial charge in [0.2, 0.25) is 5.91 Å². The zero-order valence-electron chi connectivity index (χ0n) is 11.5. The summed E-state index contributed by atoms with van der Waals surface area (Å²) in [5.74, 6) is -1.97. The van der Waals surface area contributed by atoms with Crippen molar-refractivity contribution in [1.29, 1.82) is 0 Å². The Morgan fingerprint density at radius 2 is 1.89 bits per heavy atom. The molecular weight excluding hydrogens is 250 g/mol. The van der Waals surface area contributed by atoms with E-state index in [0.29, 0.717) is 12.8 Å². The third kappa shape index (κ3) is 2.92. The molecule has 3 nitrogen and oxygen atoms in total. The van der Waals surface area contributed by atoms with Crippen LogP contribution in [0.25, 0.3) is 0 Å².